The minimum atomic E-state index is 0.111. The molecule has 0 spiro atoms. The Labute approximate surface area is 97.4 Å². The average Bonchev–Trinajstić information content (AvgIpc) is 2.50. The highest BCUT2D eigenvalue weighted by atomic mass is 35.5. The standard InChI is InChI=1S/C8H10Cl2N4O/c9-6-7(11-8(10)13-12-6)14-2-1-4-15-5-3-14/h1-5H2. The van der Waals surface area contributed by atoms with Crippen LogP contribution in [0.3, 0.4) is 0 Å². The maximum absolute atomic E-state index is 5.91. The van der Waals surface area contributed by atoms with Crippen LogP contribution in [0.1, 0.15) is 6.42 Å². The van der Waals surface area contributed by atoms with Crippen molar-refractivity contribution < 1.29 is 4.74 Å². The Morgan fingerprint density at radius 3 is 2.87 bits per heavy atom. The molecule has 15 heavy (non-hydrogen) atoms. The summed E-state index contributed by atoms with van der Waals surface area (Å²) in [4.78, 5) is 6.08. The highest BCUT2D eigenvalue weighted by Crippen LogP contribution is 2.22. The zero-order chi connectivity index (χ0) is 10.7. The third kappa shape index (κ3) is 2.68. The zero-order valence-electron chi connectivity index (χ0n) is 7.99. The van der Waals surface area contributed by atoms with E-state index >= 15 is 0 Å². The minimum absolute atomic E-state index is 0.111. The van der Waals surface area contributed by atoms with E-state index in [0.29, 0.717) is 12.4 Å². The van der Waals surface area contributed by atoms with Gasteiger partial charge in [0.05, 0.1) is 6.61 Å². The van der Waals surface area contributed by atoms with Crippen LogP contribution in [0.15, 0.2) is 0 Å². The first kappa shape index (κ1) is 10.9. The zero-order valence-corrected chi connectivity index (χ0v) is 9.50. The van der Waals surface area contributed by atoms with Gasteiger partial charge in [0.15, 0.2) is 11.0 Å². The van der Waals surface area contributed by atoms with E-state index in [2.05, 4.69) is 15.2 Å². The SMILES string of the molecule is Clc1nnc(Cl)c(N2CCCOCC2)n1. The van der Waals surface area contributed by atoms with Crippen LogP contribution in [-0.2, 0) is 4.74 Å². The highest BCUT2D eigenvalue weighted by molar-refractivity contribution is 6.32. The Balaban J connectivity index is 2.22. The summed E-state index contributed by atoms with van der Waals surface area (Å²) in [6, 6.07) is 0. The molecule has 1 fully saturated rings. The van der Waals surface area contributed by atoms with Crippen molar-refractivity contribution in [3.8, 4) is 0 Å². The van der Waals surface area contributed by atoms with Crippen molar-refractivity contribution in [2.75, 3.05) is 31.2 Å². The van der Waals surface area contributed by atoms with Crippen LogP contribution in [-0.4, -0.2) is 41.5 Å². The van der Waals surface area contributed by atoms with Crippen LogP contribution in [0.25, 0.3) is 0 Å². The van der Waals surface area contributed by atoms with Crippen LogP contribution >= 0.6 is 23.2 Å². The Hall–Kier alpha value is -0.650. The van der Waals surface area contributed by atoms with Gasteiger partial charge in [-0.15, -0.1) is 10.2 Å². The molecule has 0 atom stereocenters. The van der Waals surface area contributed by atoms with Gasteiger partial charge in [-0.25, -0.2) is 0 Å². The van der Waals surface area contributed by atoms with Crippen molar-refractivity contribution in [3.63, 3.8) is 0 Å². The van der Waals surface area contributed by atoms with Gasteiger partial charge >= 0.3 is 0 Å². The van der Waals surface area contributed by atoms with E-state index in [1.54, 1.807) is 0 Å². The molecule has 0 radical (unpaired) electrons. The summed E-state index contributed by atoms with van der Waals surface area (Å²) < 4.78 is 5.33. The average molecular weight is 249 g/mol. The second-order valence-corrected chi connectivity index (χ2v) is 3.84. The number of hydrogen-bond acceptors (Lipinski definition) is 5. The smallest absolute Gasteiger partial charge is 0.245 e. The van der Waals surface area contributed by atoms with Crippen molar-refractivity contribution in [3.05, 3.63) is 10.4 Å². The van der Waals surface area contributed by atoms with Gasteiger partial charge in [0.2, 0.25) is 5.28 Å². The number of nitrogens with zero attached hydrogens (tertiary/aromatic N) is 4. The third-order valence-corrected chi connectivity index (χ3v) is 2.53. The normalized spacial score (nSPS) is 17.6. The van der Waals surface area contributed by atoms with E-state index in [4.69, 9.17) is 27.9 Å². The molecule has 0 N–H and O–H groups in total. The monoisotopic (exact) mass is 248 g/mol. The van der Waals surface area contributed by atoms with Crippen molar-refractivity contribution in [1.29, 1.82) is 0 Å². The van der Waals surface area contributed by atoms with Gasteiger partial charge in [0.1, 0.15) is 0 Å². The second kappa shape index (κ2) is 4.92. The fourth-order valence-corrected chi connectivity index (χ4v) is 1.76. The number of hydrogen-bond donors (Lipinski definition) is 0. The second-order valence-electron chi connectivity index (χ2n) is 3.15. The molecule has 0 amide bonds. The van der Waals surface area contributed by atoms with Crippen molar-refractivity contribution >= 4 is 29.0 Å². The summed E-state index contributed by atoms with van der Waals surface area (Å²) in [5, 5.41) is 7.68. The predicted octanol–water partition coefficient (Wildman–Crippen LogP) is 1.41. The van der Waals surface area contributed by atoms with Gasteiger partial charge in [-0.3, -0.25) is 0 Å². The number of halogens is 2. The van der Waals surface area contributed by atoms with Crippen molar-refractivity contribution in [2.24, 2.45) is 0 Å². The fraction of sp³-hybridized carbons (Fsp3) is 0.625. The van der Waals surface area contributed by atoms with Gasteiger partial charge in [0, 0.05) is 19.7 Å². The number of aromatic nitrogens is 3. The first-order valence-electron chi connectivity index (χ1n) is 4.66. The molecule has 1 aliphatic heterocycles. The summed E-state index contributed by atoms with van der Waals surface area (Å²) in [7, 11) is 0. The van der Waals surface area contributed by atoms with E-state index in [9.17, 15) is 0 Å². The fourth-order valence-electron chi connectivity index (χ4n) is 1.44. The molecular formula is C8H10Cl2N4O. The lowest BCUT2D eigenvalue weighted by Gasteiger charge is -2.20. The molecule has 7 heteroatoms. The quantitative estimate of drug-likeness (QED) is 0.753. The molecule has 0 aromatic carbocycles. The number of ether oxygens (including phenoxy) is 1. The van der Waals surface area contributed by atoms with Gasteiger partial charge in [0.25, 0.3) is 0 Å². The maximum atomic E-state index is 5.91. The minimum Gasteiger partial charge on any atom is -0.380 e. The maximum Gasteiger partial charge on any atom is 0.245 e. The van der Waals surface area contributed by atoms with Crippen LogP contribution in [0.2, 0.25) is 10.4 Å². The molecular weight excluding hydrogens is 239 g/mol. The summed E-state index contributed by atoms with van der Waals surface area (Å²) in [5.74, 6) is 0.585. The summed E-state index contributed by atoms with van der Waals surface area (Å²) in [6.45, 7) is 3.02. The van der Waals surface area contributed by atoms with Crippen molar-refractivity contribution in [2.45, 2.75) is 6.42 Å². The van der Waals surface area contributed by atoms with Crippen molar-refractivity contribution in [1.82, 2.24) is 15.2 Å². The molecule has 2 heterocycles. The lowest BCUT2D eigenvalue weighted by atomic mass is 10.4. The summed E-state index contributed by atoms with van der Waals surface area (Å²) in [5.41, 5.74) is 0. The predicted molar refractivity (Wildman–Crippen MR) is 57.5 cm³/mol. The molecule has 1 aromatic rings. The summed E-state index contributed by atoms with van der Waals surface area (Å²) in [6.07, 6.45) is 0.942. The first-order valence-corrected chi connectivity index (χ1v) is 5.41. The molecule has 1 aliphatic rings. The Morgan fingerprint density at radius 2 is 2.00 bits per heavy atom. The first-order chi connectivity index (χ1) is 7.27. The Bertz CT molecular complexity index is 341. The van der Waals surface area contributed by atoms with Crippen LogP contribution in [0, 0.1) is 0 Å². The molecule has 0 bridgehead atoms. The highest BCUT2D eigenvalue weighted by Gasteiger charge is 2.16. The van der Waals surface area contributed by atoms with E-state index in [-0.39, 0.29) is 10.4 Å². The molecule has 2 rings (SSSR count). The molecule has 0 unspecified atom stereocenters. The molecule has 0 aliphatic carbocycles. The number of rotatable bonds is 1. The molecule has 82 valence electrons. The number of anilines is 1. The topological polar surface area (TPSA) is 51.1 Å². The van der Waals surface area contributed by atoms with Crippen LogP contribution in [0.4, 0.5) is 5.82 Å². The molecule has 5 nitrogen and oxygen atoms in total. The van der Waals surface area contributed by atoms with Gasteiger partial charge < -0.3 is 9.64 Å². The third-order valence-electron chi connectivity index (χ3n) is 2.12. The van der Waals surface area contributed by atoms with Crippen LogP contribution < -0.4 is 4.90 Å². The molecule has 1 saturated heterocycles. The Morgan fingerprint density at radius 1 is 1.13 bits per heavy atom. The molecule has 1 aromatic heterocycles. The Kier molecular flexibility index (Phi) is 3.56. The molecule has 0 saturated carbocycles. The lowest BCUT2D eigenvalue weighted by Crippen LogP contribution is -2.27. The van der Waals surface area contributed by atoms with E-state index < -0.39 is 0 Å². The lowest BCUT2D eigenvalue weighted by molar-refractivity contribution is 0.152. The summed E-state index contributed by atoms with van der Waals surface area (Å²) >= 11 is 11.6. The van der Waals surface area contributed by atoms with E-state index in [0.717, 1.165) is 26.1 Å². The van der Waals surface area contributed by atoms with E-state index in [1.165, 1.54) is 0 Å². The van der Waals surface area contributed by atoms with Gasteiger partial charge in [-0.2, -0.15) is 4.98 Å². The van der Waals surface area contributed by atoms with Gasteiger partial charge in [-0.1, -0.05) is 11.6 Å². The largest absolute Gasteiger partial charge is 0.380 e. The van der Waals surface area contributed by atoms with E-state index in [1.807, 2.05) is 4.90 Å². The van der Waals surface area contributed by atoms with Gasteiger partial charge in [-0.05, 0) is 18.0 Å². The van der Waals surface area contributed by atoms with Crippen LogP contribution in [0.5, 0.6) is 0 Å².